The first kappa shape index (κ1) is 22.1. The number of aromatic amines is 1. The molecule has 5 aromatic rings. The standard InChI is InChI=1S/C23H20N6O3S2/c1-12(34-23-26-20-19(28-29-23)14-6-4-5-7-15(14)24-20)21(30)27-22-25-16(11-33-22)13-8-9-17(31-2)18(10-13)32-3/h4-12H,1-3H3,(H,24,26,29)(H,25,27,30). The lowest BCUT2D eigenvalue weighted by Crippen LogP contribution is -2.22. The van der Waals surface area contributed by atoms with Gasteiger partial charge in [0.05, 0.1) is 25.2 Å². The van der Waals surface area contributed by atoms with E-state index in [4.69, 9.17) is 9.47 Å². The number of fused-ring (bicyclic) bond motifs is 3. The maximum absolute atomic E-state index is 12.8. The zero-order valence-corrected chi connectivity index (χ0v) is 20.2. The van der Waals surface area contributed by atoms with Crippen molar-refractivity contribution in [3.8, 4) is 22.8 Å². The molecule has 3 heterocycles. The molecule has 0 saturated carbocycles. The van der Waals surface area contributed by atoms with Crippen molar-refractivity contribution in [2.75, 3.05) is 19.5 Å². The van der Waals surface area contributed by atoms with Gasteiger partial charge >= 0.3 is 0 Å². The monoisotopic (exact) mass is 492 g/mol. The number of thiazole rings is 1. The Morgan fingerprint density at radius 1 is 1.09 bits per heavy atom. The second-order valence-corrected chi connectivity index (χ2v) is 9.49. The number of hydrogen-bond donors (Lipinski definition) is 2. The number of methoxy groups -OCH3 is 2. The first-order valence-corrected chi connectivity index (χ1v) is 12.1. The second-order valence-electron chi connectivity index (χ2n) is 7.32. The molecule has 1 atom stereocenters. The highest BCUT2D eigenvalue weighted by Crippen LogP contribution is 2.34. The van der Waals surface area contributed by atoms with Crippen LogP contribution in [0.2, 0.25) is 0 Å². The van der Waals surface area contributed by atoms with E-state index in [2.05, 4.69) is 30.5 Å². The maximum atomic E-state index is 12.8. The van der Waals surface area contributed by atoms with Gasteiger partial charge in [-0.1, -0.05) is 30.0 Å². The molecule has 172 valence electrons. The predicted octanol–water partition coefficient (Wildman–Crippen LogP) is 4.77. The number of thioether (sulfide) groups is 1. The third-order valence-corrected chi connectivity index (χ3v) is 6.88. The van der Waals surface area contributed by atoms with E-state index in [-0.39, 0.29) is 5.91 Å². The molecule has 2 aromatic carbocycles. The van der Waals surface area contributed by atoms with Crippen LogP contribution >= 0.6 is 23.1 Å². The van der Waals surface area contributed by atoms with Gasteiger partial charge in [0, 0.05) is 21.8 Å². The number of carbonyl (C=O) groups is 1. The fraction of sp³-hybridized carbons (Fsp3) is 0.174. The fourth-order valence-corrected chi connectivity index (χ4v) is 4.87. The van der Waals surface area contributed by atoms with Gasteiger partial charge in [-0.05, 0) is 31.2 Å². The molecule has 5 rings (SSSR count). The van der Waals surface area contributed by atoms with Crippen molar-refractivity contribution in [1.29, 1.82) is 0 Å². The summed E-state index contributed by atoms with van der Waals surface area (Å²) in [6.45, 7) is 1.79. The van der Waals surface area contributed by atoms with Crippen LogP contribution in [0.5, 0.6) is 11.5 Å². The van der Waals surface area contributed by atoms with Crippen LogP contribution in [0.1, 0.15) is 6.92 Å². The topological polar surface area (TPSA) is 115 Å². The van der Waals surface area contributed by atoms with Crippen molar-refractivity contribution < 1.29 is 14.3 Å². The van der Waals surface area contributed by atoms with Crippen LogP contribution in [0.4, 0.5) is 5.13 Å². The lowest BCUT2D eigenvalue weighted by Gasteiger charge is -2.09. The molecule has 3 aromatic heterocycles. The molecule has 34 heavy (non-hydrogen) atoms. The summed E-state index contributed by atoms with van der Waals surface area (Å²) in [5.74, 6) is 1.06. The van der Waals surface area contributed by atoms with Gasteiger partial charge in [-0.15, -0.1) is 21.5 Å². The van der Waals surface area contributed by atoms with E-state index in [9.17, 15) is 4.79 Å². The highest BCUT2D eigenvalue weighted by atomic mass is 32.2. The van der Waals surface area contributed by atoms with Gasteiger partial charge in [-0.3, -0.25) is 4.79 Å². The molecule has 2 N–H and O–H groups in total. The number of hydrogen-bond acceptors (Lipinski definition) is 9. The van der Waals surface area contributed by atoms with E-state index in [1.807, 2.05) is 47.8 Å². The average Bonchev–Trinajstić information content (AvgIpc) is 3.47. The SMILES string of the molecule is COc1ccc(-c2csc(NC(=O)C(C)Sc3nnc4c(n3)[nH]c3ccccc34)n2)cc1OC. The molecule has 9 nitrogen and oxygen atoms in total. The molecule has 0 aliphatic rings. The molecule has 11 heteroatoms. The van der Waals surface area contributed by atoms with Crippen LogP contribution in [0.25, 0.3) is 33.3 Å². The summed E-state index contributed by atoms with van der Waals surface area (Å²) in [6, 6.07) is 13.4. The van der Waals surface area contributed by atoms with Crippen molar-refractivity contribution in [3.05, 3.63) is 47.8 Å². The van der Waals surface area contributed by atoms with Crippen LogP contribution in [0.3, 0.4) is 0 Å². The molecule has 0 radical (unpaired) electrons. The molecule has 0 saturated heterocycles. The molecule has 1 amide bonds. The number of H-pyrrole nitrogens is 1. The molecule has 0 aliphatic heterocycles. The van der Waals surface area contributed by atoms with Crippen LogP contribution in [-0.4, -0.2) is 50.5 Å². The first-order chi connectivity index (χ1) is 16.6. The minimum atomic E-state index is -0.447. The Morgan fingerprint density at radius 2 is 1.91 bits per heavy atom. The predicted molar refractivity (Wildman–Crippen MR) is 134 cm³/mol. The van der Waals surface area contributed by atoms with Gasteiger partial charge < -0.3 is 19.8 Å². The number of aromatic nitrogens is 5. The Kier molecular flexibility index (Phi) is 6.03. The number of para-hydroxylation sites is 1. The lowest BCUT2D eigenvalue weighted by molar-refractivity contribution is -0.115. The third-order valence-electron chi connectivity index (χ3n) is 5.17. The summed E-state index contributed by atoms with van der Waals surface area (Å²) >= 11 is 2.59. The Bertz CT molecular complexity index is 1500. The van der Waals surface area contributed by atoms with Gasteiger partial charge in [0.2, 0.25) is 11.1 Å². The minimum Gasteiger partial charge on any atom is -0.493 e. The molecule has 1 unspecified atom stereocenters. The highest BCUT2D eigenvalue weighted by molar-refractivity contribution is 8.00. The second kappa shape index (κ2) is 9.27. The van der Waals surface area contributed by atoms with Crippen molar-refractivity contribution in [2.24, 2.45) is 0 Å². The van der Waals surface area contributed by atoms with Crippen molar-refractivity contribution in [1.82, 2.24) is 25.1 Å². The Balaban J connectivity index is 1.27. The largest absolute Gasteiger partial charge is 0.493 e. The zero-order chi connectivity index (χ0) is 23.7. The van der Waals surface area contributed by atoms with E-state index >= 15 is 0 Å². The van der Waals surface area contributed by atoms with Gasteiger partial charge in [0.25, 0.3) is 0 Å². The Labute approximate surface area is 202 Å². The number of carbonyl (C=O) groups excluding carboxylic acids is 1. The van der Waals surface area contributed by atoms with Gasteiger partial charge in [-0.2, -0.15) is 0 Å². The Hall–Kier alpha value is -3.70. The molecule has 0 aliphatic carbocycles. The number of nitrogens with zero attached hydrogens (tertiary/aromatic N) is 4. The summed E-state index contributed by atoms with van der Waals surface area (Å²) in [6.07, 6.45) is 0. The van der Waals surface area contributed by atoms with E-state index in [1.54, 1.807) is 21.1 Å². The number of amides is 1. The quantitative estimate of drug-likeness (QED) is 0.312. The average molecular weight is 493 g/mol. The van der Waals surface area contributed by atoms with Crippen molar-refractivity contribution in [3.63, 3.8) is 0 Å². The van der Waals surface area contributed by atoms with Crippen LogP contribution < -0.4 is 14.8 Å². The number of ether oxygens (including phenoxy) is 2. The third kappa shape index (κ3) is 4.27. The van der Waals surface area contributed by atoms with Crippen molar-refractivity contribution >= 4 is 56.2 Å². The number of nitrogens with one attached hydrogen (secondary N) is 2. The lowest BCUT2D eigenvalue weighted by atomic mass is 10.1. The van der Waals surface area contributed by atoms with Crippen molar-refractivity contribution in [2.45, 2.75) is 17.3 Å². The normalized spacial score (nSPS) is 12.1. The zero-order valence-electron chi connectivity index (χ0n) is 18.5. The molecule has 0 spiro atoms. The molecular formula is C23H20N6O3S2. The van der Waals surface area contributed by atoms with E-state index in [1.165, 1.54) is 23.1 Å². The number of benzene rings is 2. The first-order valence-electron chi connectivity index (χ1n) is 10.3. The number of rotatable bonds is 7. The Morgan fingerprint density at radius 3 is 2.74 bits per heavy atom. The summed E-state index contributed by atoms with van der Waals surface area (Å²) in [7, 11) is 3.18. The molecule has 0 fully saturated rings. The molecular weight excluding hydrogens is 472 g/mol. The summed E-state index contributed by atoms with van der Waals surface area (Å²) < 4.78 is 10.6. The molecule has 0 bridgehead atoms. The fourth-order valence-electron chi connectivity index (χ4n) is 3.43. The summed E-state index contributed by atoms with van der Waals surface area (Å²) in [5, 5.41) is 14.7. The van der Waals surface area contributed by atoms with Crippen LogP contribution in [0.15, 0.2) is 53.0 Å². The smallest absolute Gasteiger partial charge is 0.239 e. The van der Waals surface area contributed by atoms with E-state index in [0.717, 1.165) is 22.2 Å². The van der Waals surface area contributed by atoms with Gasteiger partial charge in [0.1, 0.15) is 5.52 Å². The highest BCUT2D eigenvalue weighted by Gasteiger charge is 2.19. The minimum absolute atomic E-state index is 0.196. The number of anilines is 1. The van der Waals surface area contributed by atoms with Crippen LogP contribution in [0, 0.1) is 0 Å². The van der Waals surface area contributed by atoms with Crippen LogP contribution in [-0.2, 0) is 4.79 Å². The summed E-state index contributed by atoms with van der Waals surface area (Å²) in [4.78, 5) is 25.1. The van der Waals surface area contributed by atoms with Gasteiger partial charge in [0.15, 0.2) is 22.3 Å². The summed E-state index contributed by atoms with van der Waals surface area (Å²) in [5.41, 5.74) is 3.90. The van der Waals surface area contributed by atoms with E-state index < -0.39 is 5.25 Å². The maximum Gasteiger partial charge on any atom is 0.239 e. The van der Waals surface area contributed by atoms with Gasteiger partial charge in [-0.25, -0.2) is 9.97 Å². The van der Waals surface area contributed by atoms with E-state index in [0.29, 0.717) is 33.0 Å².